The predicted octanol–water partition coefficient (Wildman–Crippen LogP) is 10.6. The highest BCUT2D eigenvalue weighted by atomic mass is 16.6. The minimum Gasteiger partial charge on any atom is -0.455 e. The lowest BCUT2D eigenvalue weighted by Gasteiger charge is -2.38. The third kappa shape index (κ3) is 14.5. The molecule has 0 saturated heterocycles. The maximum absolute atomic E-state index is 16.5. The average Bonchev–Trinajstić information content (AvgIpc) is 3.33. The van der Waals surface area contributed by atoms with Crippen LogP contribution >= 0.6 is 0 Å². The van der Waals surface area contributed by atoms with Crippen LogP contribution in [0, 0.1) is 5.92 Å². The Balaban J connectivity index is 1.89. The van der Waals surface area contributed by atoms with E-state index in [9.17, 15) is 38.4 Å². The molecule has 1 unspecified atom stereocenters. The largest absolute Gasteiger partial charge is 0.455 e. The maximum atomic E-state index is 16.5. The first-order valence-corrected chi connectivity index (χ1v) is 25.2. The first-order chi connectivity index (χ1) is 37.6. The van der Waals surface area contributed by atoms with Crippen LogP contribution in [0.1, 0.15) is 141 Å². The molecule has 0 saturated carbocycles. The van der Waals surface area contributed by atoms with Crippen LogP contribution in [-0.2, 0) is 51.2 Å². The first kappa shape index (κ1) is 60.0. The molecule has 6 rings (SSSR count). The summed E-state index contributed by atoms with van der Waals surface area (Å²) in [5.41, 5.74) is 0.996. The van der Waals surface area contributed by atoms with Gasteiger partial charge in [0.15, 0.2) is 5.78 Å². The van der Waals surface area contributed by atoms with E-state index in [0.29, 0.717) is 5.57 Å². The molecule has 19 nitrogen and oxygen atoms in total. The molecule has 3 atom stereocenters. The maximum Gasteiger partial charge on any atom is 0.308 e. The van der Waals surface area contributed by atoms with Gasteiger partial charge in [-0.3, -0.25) is 47.9 Å². The number of rotatable bonds is 17. The van der Waals surface area contributed by atoms with E-state index >= 15 is 9.59 Å². The Morgan fingerprint density at radius 2 is 1.01 bits per heavy atom. The Hall–Kier alpha value is -9.26. The Labute approximate surface area is 460 Å². The number of esters is 8. The summed E-state index contributed by atoms with van der Waals surface area (Å²) in [6.45, 7) is 18.0. The molecule has 1 aromatic heterocycles. The molecule has 0 aliphatic heterocycles. The molecular weight excluding hydrogens is 1040 g/mol. The third-order valence-corrected chi connectivity index (χ3v) is 12.2. The van der Waals surface area contributed by atoms with Gasteiger partial charge >= 0.3 is 47.8 Å². The fraction of sp³-hybridized carbons (Fsp3) is 0.311. The van der Waals surface area contributed by atoms with Gasteiger partial charge < -0.3 is 42.3 Å². The number of ether oxygens (including phenoxy) is 8. The standard InChI is InChI=1S/C61H60O19/c1-29(2)14-18-43-49(74-34(8)64)23-22-46(59(43)79-39(13)69)57(70)54-47(42-20-16-40(72-32(6)62)26-50(42)75-35(9)65)24-31(5)25-48(54)55-52(77-37(11)67)28-53(78-38(12)68)56-58(71)45(19-15-30(3)4)60(80-61(55)56)44-21-17-41(73-33(7)63)27-51(44)76-36(10)66/h14-17,20-23,25-28,47-48,54H,18-19,24H2,1-13H3/t47?,48-,54-/m0/s1. The van der Waals surface area contributed by atoms with Crippen molar-refractivity contribution in [1.29, 1.82) is 0 Å². The monoisotopic (exact) mass is 1100 g/mol. The predicted molar refractivity (Wildman–Crippen MR) is 289 cm³/mol. The Morgan fingerprint density at radius 1 is 0.525 bits per heavy atom. The van der Waals surface area contributed by atoms with Crippen molar-refractivity contribution in [2.45, 2.75) is 121 Å². The van der Waals surface area contributed by atoms with E-state index in [4.69, 9.17) is 42.3 Å². The molecule has 19 heteroatoms. The molecule has 0 radical (unpaired) electrons. The first-order valence-electron chi connectivity index (χ1n) is 25.2. The van der Waals surface area contributed by atoms with Crippen LogP contribution in [0.25, 0.3) is 22.3 Å². The van der Waals surface area contributed by atoms with E-state index in [-0.39, 0.29) is 110 Å². The van der Waals surface area contributed by atoms with Gasteiger partial charge in [0.05, 0.1) is 11.1 Å². The summed E-state index contributed by atoms with van der Waals surface area (Å²) in [6.07, 6.45) is 5.10. The second kappa shape index (κ2) is 25.5. The van der Waals surface area contributed by atoms with E-state index in [1.165, 1.54) is 69.3 Å². The Kier molecular flexibility index (Phi) is 19.1. The highest BCUT2D eigenvalue weighted by Crippen LogP contribution is 2.55. The van der Waals surface area contributed by atoms with Gasteiger partial charge in [0.1, 0.15) is 62.7 Å². The highest BCUT2D eigenvalue weighted by molar-refractivity contribution is 6.04. The summed E-state index contributed by atoms with van der Waals surface area (Å²) in [5, 5.41) is -0.348. The molecule has 418 valence electrons. The van der Waals surface area contributed by atoms with Crippen molar-refractivity contribution >= 4 is 64.5 Å². The van der Waals surface area contributed by atoms with Crippen molar-refractivity contribution in [3.05, 3.63) is 128 Å². The molecule has 4 aromatic carbocycles. The number of hydrogen-bond donors (Lipinski definition) is 0. The van der Waals surface area contributed by atoms with Gasteiger partial charge in [0, 0.05) is 108 Å². The molecule has 1 aliphatic carbocycles. The molecule has 0 bridgehead atoms. The number of carbonyl (C=O) groups excluding carboxylic acids is 9. The molecule has 0 amide bonds. The van der Waals surface area contributed by atoms with Crippen molar-refractivity contribution in [1.82, 2.24) is 0 Å². The van der Waals surface area contributed by atoms with Crippen LogP contribution in [0.15, 0.2) is 98.8 Å². The molecule has 1 aliphatic rings. The minimum absolute atomic E-state index is 0.00152. The average molecular weight is 1100 g/mol. The summed E-state index contributed by atoms with van der Waals surface area (Å²) >= 11 is 0. The van der Waals surface area contributed by atoms with Crippen molar-refractivity contribution in [2.75, 3.05) is 0 Å². The Morgan fingerprint density at radius 3 is 1.56 bits per heavy atom. The van der Waals surface area contributed by atoms with Crippen LogP contribution in [0.4, 0.5) is 0 Å². The summed E-state index contributed by atoms with van der Waals surface area (Å²) in [5.74, 6) is -12.7. The molecule has 5 aromatic rings. The molecule has 80 heavy (non-hydrogen) atoms. The number of allylic oxidation sites excluding steroid dienone is 6. The van der Waals surface area contributed by atoms with Crippen LogP contribution in [0.5, 0.6) is 46.0 Å². The lowest BCUT2D eigenvalue weighted by molar-refractivity contribution is -0.133. The van der Waals surface area contributed by atoms with Crippen LogP contribution in [-0.4, -0.2) is 53.5 Å². The van der Waals surface area contributed by atoms with E-state index in [1.54, 1.807) is 39.0 Å². The van der Waals surface area contributed by atoms with Gasteiger partial charge in [-0.05, 0) is 89.8 Å². The van der Waals surface area contributed by atoms with E-state index < -0.39 is 82.5 Å². The van der Waals surface area contributed by atoms with Gasteiger partial charge in [0.25, 0.3) is 0 Å². The smallest absolute Gasteiger partial charge is 0.308 e. The van der Waals surface area contributed by atoms with Crippen molar-refractivity contribution in [2.24, 2.45) is 5.92 Å². The Bertz CT molecular complexity index is 3560. The third-order valence-electron chi connectivity index (χ3n) is 12.2. The van der Waals surface area contributed by atoms with Gasteiger partial charge in [-0.15, -0.1) is 0 Å². The summed E-state index contributed by atoms with van der Waals surface area (Å²) in [7, 11) is 0. The van der Waals surface area contributed by atoms with Crippen molar-refractivity contribution in [3.8, 4) is 57.3 Å². The zero-order valence-electron chi connectivity index (χ0n) is 46.5. The summed E-state index contributed by atoms with van der Waals surface area (Å²) in [4.78, 5) is 134. The quantitative estimate of drug-likeness (QED) is 0.0363. The second-order valence-corrected chi connectivity index (χ2v) is 19.5. The van der Waals surface area contributed by atoms with Crippen molar-refractivity contribution in [3.63, 3.8) is 0 Å². The van der Waals surface area contributed by atoms with E-state index in [2.05, 4.69) is 0 Å². The number of carbonyl (C=O) groups is 9. The number of hydrogen-bond acceptors (Lipinski definition) is 19. The van der Waals surface area contributed by atoms with Crippen LogP contribution < -0.4 is 43.3 Å². The summed E-state index contributed by atoms with van der Waals surface area (Å²) in [6, 6.07) is 12.1. The number of benzene rings is 4. The zero-order chi connectivity index (χ0) is 59.0. The summed E-state index contributed by atoms with van der Waals surface area (Å²) < 4.78 is 52.5. The van der Waals surface area contributed by atoms with E-state index in [0.717, 1.165) is 51.8 Å². The fourth-order valence-corrected chi connectivity index (χ4v) is 9.43. The molecule has 0 fully saturated rings. The van der Waals surface area contributed by atoms with Gasteiger partial charge in [-0.2, -0.15) is 0 Å². The van der Waals surface area contributed by atoms with E-state index in [1.807, 2.05) is 13.8 Å². The minimum atomic E-state index is -1.49. The van der Waals surface area contributed by atoms with Gasteiger partial charge in [-0.1, -0.05) is 41.0 Å². The van der Waals surface area contributed by atoms with Crippen molar-refractivity contribution < 1.29 is 85.5 Å². The van der Waals surface area contributed by atoms with Gasteiger partial charge in [0.2, 0.25) is 5.43 Å². The second-order valence-electron chi connectivity index (χ2n) is 19.5. The number of fused-ring (bicyclic) bond motifs is 1. The lowest BCUT2D eigenvalue weighted by atomic mass is 9.65. The number of ketones is 1. The van der Waals surface area contributed by atoms with Crippen LogP contribution in [0.3, 0.4) is 0 Å². The lowest BCUT2D eigenvalue weighted by Crippen LogP contribution is -2.33. The van der Waals surface area contributed by atoms with Gasteiger partial charge in [-0.25, -0.2) is 0 Å². The highest BCUT2D eigenvalue weighted by Gasteiger charge is 2.45. The zero-order valence-corrected chi connectivity index (χ0v) is 46.5. The molecule has 0 spiro atoms. The molecular formula is C61H60O19. The topological polar surface area (TPSA) is 258 Å². The molecule has 1 heterocycles. The fourth-order valence-electron chi connectivity index (χ4n) is 9.43. The number of Topliss-reactive ketones (excluding diaryl/α,β-unsaturated/α-hetero) is 1. The molecule has 0 N–H and O–H groups in total. The van der Waals surface area contributed by atoms with Crippen LogP contribution in [0.2, 0.25) is 0 Å². The normalized spacial score (nSPS) is 14.6. The SMILES string of the molecule is CC(=O)Oc1ccc(-c2oc3c([C@H]4C=C(C)CC(c5ccc(OC(C)=O)cc5OC(C)=O)[C@@H]4C(=O)c4ccc(OC(C)=O)c(CC=C(C)C)c4OC(C)=O)c(OC(C)=O)cc(OC(C)=O)c3c(=O)c2CC=C(C)C)c(OC(C)=O)c1.